The van der Waals surface area contributed by atoms with Crippen LogP contribution in [-0.4, -0.2) is 12.6 Å². The minimum Gasteiger partial charge on any atom is -0.309 e. The topological polar surface area (TPSA) is 76.3 Å². The molecule has 0 unspecified atom stereocenters. The molecule has 1 aromatic heterocycles. The number of hydrogen-bond donors (Lipinski definition) is 0. The smallest absolute Gasteiger partial charge is 0.180 e. The minimum absolute atomic E-state index is 0.487. The molecule has 0 amide bonds. The van der Waals surface area contributed by atoms with Crippen molar-refractivity contribution in [2.75, 3.05) is 0 Å². The Kier molecular flexibility index (Phi) is 7.63. The molecule has 0 spiro atoms. The van der Waals surface area contributed by atoms with Crippen LogP contribution in [-0.2, 0) is 0 Å². The van der Waals surface area contributed by atoms with Crippen LogP contribution >= 0.6 is 0 Å². The van der Waals surface area contributed by atoms with E-state index in [4.69, 9.17) is 0 Å². The summed E-state index contributed by atoms with van der Waals surface area (Å²) >= 11 is 0. The molecule has 8 aromatic rings. The molecule has 50 heavy (non-hydrogen) atoms. The Hall–Kier alpha value is -6.97. The number of aromatic nitrogens is 1. The summed E-state index contributed by atoms with van der Waals surface area (Å²) in [5.41, 5.74) is 5.87. The molecule has 0 saturated heterocycles. The molecule has 0 aliphatic carbocycles. The molecule has 0 aliphatic rings. The lowest BCUT2D eigenvalue weighted by Crippen LogP contribution is -2.75. The first kappa shape index (κ1) is 30.4. The van der Waals surface area contributed by atoms with Gasteiger partial charge in [0.1, 0.15) is 0 Å². The third-order valence-corrected chi connectivity index (χ3v) is 14.5. The Bertz CT molecular complexity index is 2580. The summed E-state index contributed by atoms with van der Waals surface area (Å²) < 4.78 is 2.17. The van der Waals surface area contributed by atoms with E-state index >= 15 is 0 Å². The van der Waals surface area contributed by atoms with E-state index in [0.717, 1.165) is 38.2 Å². The fraction of sp³-hybridized carbons (Fsp3) is 0. The summed E-state index contributed by atoms with van der Waals surface area (Å²) in [6, 6.07) is 64.8. The highest BCUT2D eigenvalue weighted by atomic mass is 28.3. The van der Waals surface area contributed by atoms with Crippen LogP contribution in [0.2, 0.25) is 0 Å². The van der Waals surface area contributed by atoms with Gasteiger partial charge in [-0.25, -0.2) is 0 Å². The van der Waals surface area contributed by atoms with Crippen molar-refractivity contribution < 1.29 is 0 Å². The van der Waals surface area contributed by atoms with E-state index < -0.39 is 8.07 Å². The van der Waals surface area contributed by atoms with Crippen LogP contribution in [0.3, 0.4) is 0 Å². The molecule has 232 valence electrons. The quantitative estimate of drug-likeness (QED) is 0.138. The number of para-hydroxylation sites is 1. The first-order valence-corrected chi connectivity index (χ1v) is 18.4. The number of nitriles is 3. The van der Waals surface area contributed by atoms with E-state index in [1.165, 1.54) is 15.6 Å². The number of rotatable bonds is 6. The Morgan fingerprint density at radius 3 is 1.64 bits per heavy atom. The van der Waals surface area contributed by atoms with E-state index in [2.05, 4.69) is 114 Å². The molecule has 0 fully saturated rings. The van der Waals surface area contributed by atoms with Gasteiger partial charge >= 0.3 is 0 Å². The van der Waals surface area contributed by atoms with E-state index in [1.54, 1.807) is 0 Å². The van der Waals surface area contributed by atoms with E-state index in [-0.39, 0.29) is 0 Å². The Morgan fingerprint density at radius 1 is 0.440 bits per heavy atom. The van der Waals surface area contributed by atoms with Crippen molar-refractivity contribution in [3.63, 3.8) is 0 Å². The Labute approximate surface area is 291 Å². The normalized spacial score (nSPS) is 11.1. The number of benzene rings is 7. The largest absolute Gasteiger partial charge is 0.309 e. The molecule has 5 heteroatoms. The average Bonchev–Trinajstić information content (AvgIpc) is 3.52. The summed E-state index contributed by atoms with van der Waals surface area (Å²) in [7, 11) is -3.04. The average molecular weight is 653 g/mol. The van der Waals surface area contributed by atoms with Gasteiger partial charge in [-0.15, -0.1) is 0 Å². The van der Waals surface area contributed by atoms with Crippen molar-refractivity contribution in [2.24, 2.45) is 0 Å². The second kappa shape index (κ2) is 12.6. The van der Waals surface area contributed by atoms with Crippen LogP contribution in [0.25, 0.3) is 38.6 Å². The number of fused-ring (bicyclic) bond motifs is 3. The third kappa shape index (κ3) is 4.72. The fourth-order valence-corrected chi connectivity index (χ4v) is 12.5. The molecular formula is C45H28N4Si. The van der Waals surface area contributed by atoms with Crippen LogP contribution in [0, 0.1) is 34.0 Å². The second-order valence-corrected chi connectivity index (χ2v) is 16.0. The fourth-order valence-electron chi connectivity index (χ4n) is 7.55. The Balaban J connectivity index is 1.44. The van der Waals surface area contributed by atoms with Gasteiger partial charge in [-0.05, 0) is 63.2 Å². The standard InChI is InChI=1S/C45H28N4Si/c46-29-32-23-26-44-41(27-32)39-19-10-11-21-43(39)49(44)34-25-24-33(30-47)40(28-34)38-20-12-22-45(42(38)31-48)50(35-13-4-1-5-14-35,36-15-6-2-7-16-36)37-17-8-3-9-18-37/h1-28H. The lowest BCUT2D eigenvalue weighted by molar-refractivity contribution is 1.18. The maximum Gasteiger partial charge on any atom is 0.180 e. The monoisotopic (exact) mass is 652 g/mol. The summed E-state index contributed by atoms with van der Waals surface area (Å²) in [6.45, 7) is 0. The highest BCUT2D eigenvalue weighted by Gasteiger charge is 2.43. The zero-order valence-corrected chi connectivity index (χ0v) is 28.0. The zero-order valence-electron chi connectivity index (χ0n) is 27.0. The first-order valence-electron chi connectivity index (χ1n) is 16.4. The summed E-state index contributed by atoms with van der Waals surface area (Å²) in [4.78, 5) is 0. The first-order chi connectivity index (χ1) is 24.7. The molecule has 0 bridgehead atoms. The summed E-state index contributed by atoms with van der Waals surface area (Å²) in [5, 5.41) is 37.8. The maximum absolute atomic E-state index is 11.2. The van der Waals surface area contributed by atoms with Gasteiger partial charge in [0.15, 0.2) is 8.07 Å². The minimum atomic E-state index is -3.04. The molecule has 0 atom stereocenters. The lowest BCUT2D eigenvalue weighted by Gasteiger charge is -2.35. The van der Waals surface area contributed by atoms with Crippen LogP contribution in [0.1, 0.15) is 16.7 Å². The molecule has 0 N–H and O–H groups in total. The lowest BCUT2D eigenvalue weighted by atomic mass is 9.95. The summed E-state index contributed by atoms with van der Waals surface area (Å²) in [6.07, 6.45) is 0. The van der Waals surface area contributed by atoms with E-state index in [0.29, 0.717) is 22.3 Å². The Morgan fingerprint density at radius 2 is 1.04 bits per heavy atom. The van der Waals surface area contributed by atoms with Crippen LogP contribution in [0.15, 0.2) is 170 Å². The second-order valence-electron chi connectivity index (χ2n) is 12.2. The molecule has 8 rings (SSSR count). The molecule has 4 nitrogen and oxygen atoms in total. The van der Waals surface area contributed by atoms with Crippen LogP contribution in [0.5, 0.6) is 0 Å². The highest BCUT2D eigenvalue weighted by Crippen LogP contribution is 2.35. The molecule has 0 saturated carbocycles. The maximum atomic E-state index is 11.2. The highest BCUT2D eigenvalue weighted by molar-refractivity contribution is 7.20. The molecular weight excluding hydrogens is 625 g/mol. The van der Waals surface area contributed by atoms with Crippen molar-refractivity contribution in [1.29, 1.82) is 15.8 Å². The van der Waals surface area contributed by atoms with Crippen molar-refractivity contribution in [3.05, 3.63) is 187 Å². The van der Waals surface area contributed by atoms with Gasteiger partial charge < -0.3 is 4.57 Å². The van der Waals surface area contributed by atoms with E-state index in [1.807, 2.05) is 78.9 Å². The van der Waals surface area contributed by atoms with Gasteiger partial charge in [0.05, 0.1) is 45.9 Å². The predicted molar refractivity (Wildman–Crippen MR) is 204 cm³/mol. The van der Waals surface area contributed by atoms with E-state index in [9.17, 15) is 15.8 Å². The molecule has 0 aliphatic heterocycles. The zero-order chi connectivity index (χ0) is 34.1. The third-order valence-electron chi connectivity index (χ3n) is 9.67. The van der Waals surface area contributed by atoms with Gasteiger partial charge in [-0.2, -0.15) is 15.8 Å². The van der Waals surface area contributed by atoms with Gasteiger partial charge in [0.2, 0.25) is 0 Å². The van der Waals surface area contributed by atoms with Crippen LogP contribution in [0.4, 0.5) is 0 Å². The SMILES string of the molecule is N#Cc1ccc2c(c1)c1ccccc1n2-c1ccc(C#N)c(-c2cccc([Si](c3ccccc3)(c3ccccc3)c3ccccc3)c2C#N)c1. The predicted octanol–water partition coefficient (Wildman–Crippen LogP) is 7.44. The molecule has 1 heterocycles. The van der Waals surface area contributed by atoms with Gasteiger partial charge in [-0.1, -0.05) is 127 Å². The number of nitrogens with zero attached hydrogens (tertiary/aromatic N) is 4. The van der Waals surface area contributed by atoms with Gasteiger partial charge in [0, 0.05) is 27.6 Å². The van der Waals surface area contributed by atoms with Crippen molar-refractivity contribution >= 4 is 50.6 Å². The summed E-state index contributed by atoms with van der Waals surface area (Å²) in [5.74, 6) is 0. The van der Waals surface area contributed by atoms with Crippen molar-refractivity contribution in [3.8, 4) is 35.0 Å². The molecule has 7 aromatic carbocycles. The van der Waals surface area contributed by atoms with Crippen molar-refractivity contribution in [2.45, 2.75) is 0 Å². The van der Waals surface area contributed by atoms with Crippen LogP contribution < -0.4 is 20.7 Å². The van der Waals surface area contributed by atoms with Crippen molar-refractivity contribution in [1.82, 2.24) is 4.57 Å². The van der Waals surface area contributed by atoms with Gasteiger partial charge in [0.25, 0.3) is 0 Å². The van der Waals surface area contributed by atoms with Gasteiger partial charge in [-0.3, -0.25) is 0 Å². The molecule has 0 radical (unpaired) electrons. The number of hydrogen-bond acceptors (Lipinski definition) is 3.